The summed E-state index contributed by atoms with van der Waals surface area (Å²) in [4.78, 5) is 7.88. The van der Waals surface area contributed by atoms with Crippen molar-refractivity contribution in [3.8, 4) is 17.9 Å². The van der Waals surface area contributed by atoms with Crippen LogP contribution in [0.1, 0.15) is 66.0 Å². The molecule has 7 nitrogen and oxygen atoms in total. The Bertz CT molecular complexity index is 2190. The number of rotatable bonds is 16. The van der Waals surface area contributed by atoms with Gasteiger partial charge in [-0.2, -0.15) is 10.5 Å². The second-order valence-electron chi connectivity index (χ2n) is 12.7. The van der Waals surface area contributed by atoms with E-state index in [0.29, 0.717) is 17.7 Å². The van der Waals surface area contributed by atoms with E-state index < -0.39 is 11.4 Å². The fraction of sp³-hybridized carbons (Fsp3) is 0.250. The summed E-state index contributed by atoms with van der Waals surface area (Å²) < 4.78 is 26.7. The number of ether oxygens (including phenoxy) is 2. The summed E-state index contributed by atoms with van der Waals surface area (Å²) in [5, 5.41) is 28.5. The number of halogens is 2. The Balaban J connectivity index is 1.45. The molecule has 274 valence electrons. The van der Waals surface area contributed by atoms with E-state index in [1.807, 2.05) is 72.8 Å². The average Bonchev–Trinajstić information content (AvgIpc) is 3.77. The van der Waals surface area contributed by atoms with Crippen LogP contribution in [0.3, 0.4) is 0 Å². The summed E-state index contributed by atoms with van der Waals surface area (Å²) in [6.07, 6.45) is 11.5. The molecule has 0 saturated carbocycles. The third-order valence-corrected chi connectivity index (χ3v) is 10.3. The fourth-order valence-corrected chi connectivity index (χ4v) is 7.04. The highest BCUT2D eigenvalue weighted by atomic mass is 35.5. The summed E-state index contributed by atoms with van der Waals surface area (Å²) in [7, 11) is 0. The molecule has 1 unspecified atom stereocenters. The van der Waals surface area contributed by atoms with Crippen LogP contribution in [-0.4, -0.2) is 24.8 Å². The van der Waals surface area contributed by atoms with Crippen molar-refractivity contribution in [2.75, 3.05) is 24.6 Å². The first-order valence-corrected chi connectivity index (χ1v) is 18.9. The van der Waals surface area contributed by atoms with Gasteiger partial charge in [0.15, 0.2) is 11.3 Å². The maximum atomic E-state index is 14.1. The maximum absolute atomic E-state index is 14.1. The van der Waals surface area contributed by atoms with E-state index in [-0.39, 0.29) is 28.7 Å². The molecule has 3 aromatic carbocycles. The summed E-state index contributed by atoms with van der Waals surface area (Å²) in [6.45, 7) is 14.2. The van der Waals surface area contributed by atoms with Crippen molar-refractivity contribution in [3.05, 3.63) is 156 Å². The predicted molar refractivity (Wildman–Crippen MR) is 215 cm³/mol. The zero-order valence-electron chi connectivity index (χ0n) is 30.2. The van der Waals surface area contributed by atoms with Crippen LogP contribution in [0.4, 0.5) is 10.1 Å². The van der Waals surface area contributed by atoms with Crippen LogP contribution in [0.15, 0.2) is 108 Å². The summed E-state index contributed by atoms with van der Waals surface area (Å²) in [5.74, 6) is 0.0421. The largest absolute Gasteiger partial charge is 0.488 e. The van der Waals surface area contributed by atoms with Gasteiger partial charge in [0.25, 0.3) is 0 Å². The predicted octanol–water partition coefficient (Wildman–Crippen LogP) is 11.1. The van der Waals surface area contributed by atoms with Crippen molar-refractivity contribution in [1.82, 2.24) is 0 Å². The lowest BCUT2D eigenvalue weighted by molar-refractivity contribution is 0.0754. The highest BCUT2D eigenvalue weighted by Gasteiger charge is 2.44. The first-order valence-electron chi connectivity index (χ1n) is 17.7. The van der Waals surface area contributed by atoms with Gasteiger partial charge in [-0.1, -0.05) is 67.4 Å². The Hall–Kier alpha value is -5.63. The molecule has 1 N–H and O–H groups in total. The van der Waals surface area contributed by atoms with Gasteiger partial charge >= 0.3 is 0 Å². The standard InChI is InChI=1S/C44H40ClFN4O3S/c1-4-5-23-50(24-9-10-25-51)35-16-13-32(41(27-35)52-30-31-11-7-6-8-12-31)14-17-36-18-19-37(54-36)20-21-38-42(49-3)43(33(28-47)29-48)53-44(38,2)34-15-22-40(46)39(45)26-34/h6-8,11-22,26-27,51H,4-5,9-10,23-25,30H2,1-2H3/b17-14+,21-20+. The van der Waals surface area contributed by atoms with Crippen LogP contribution in [0, 0.1) is 35.1 Å². The van der Waals surface area contributed by atoms with Crippen molar-refractivity contribution < 1.29 is 19.0 Å². The molecule has 10 heteroatoms. The Labute approximate surface area is 325 Å². The molecule has 0 radical (unpaired) electrons. The molecular weight excluding hydrogens is 719 g/mol. The number of aliphatic hydroxyl groups excluding tert-OH is 1. The molecule has 0 aliphatic carbocycles. The SMILES string of the molecule is [C-]#[N+]C1=C(/C=C/c2ccc(/C=C/c3ccc(N(CCCC)CCCCO)cc3OCc3ccccc3)s2)C(C)(c2ccc(F)c(Cl)c2)OC1=C(C#N)C#N. The number of unbranched alkanes of at least 4 members (excludes halogenated alkanes) is 2. The Morgan fingerprint density at radius 2 is 1.70 bits per heavy atom. The van der Waals surface area contributed by atoms with Gasteiger partial charge in [-0.3, -0.25) is 0 Å². The van der Waals surface area contributed by atoms with E-state index in [1.165, 1.54) is 29.5 Å². The summed E-state index contributed by atoms with van der Waals surface area (Å²) in [5.41, 5.74) is 2.33. The third-order valence-electron chi connectivity index (χ3n) is 9.03. The molecule has 54 heavy (non-hydrogen) atoms. The lowest BCUT2D eigenvalue weighted by atomic mass is 9.87. The number of nitrogens with zero attached hydrogens (tertiary/aromatic N) is 4. The number of anilines is 1. The topological polar surface area (TPSA) is 93.9 Å². The number of hydrogen-bond donors (Lipinski definition) is 1. The lowest BCUT2D eigenvalue weighted by Gasteiger charge is -2.28. The lowest BCUT2D eigenvalue weighted by Crippen LogP contribution is -2.25. The highest BCUT2D eigenvalue weighted by molar-refractivity contribution is 7.13. The van der Waals surface area contributed by atoms with Crippen molar-refractivity contribution >= 4 is 46.9 Å². The van der Waals surface area contributed by atoms with Crippen LogP contribution < -0.4 is 9.64 Å². The minimum absolute atomic E-state index is 0.0251. The van der Waals surface area contributed by atoms with Crippen LogP contribution in [-0.2, 0) is 16.9 Å². The first-order chi connectivity index (χ1) is 26.2. The minimum Gasteiger partial charge on any atom is -0.488 e. The number of nitriles is 2. The van der Waals surface area contributed by atoms with E-state index in [4.69, 9.17) is 27.6 Å². The number of benzene rings is 3. The summed E-state index contributed by atoms with van der Waals surface area (Å²) >= 11 is 7.66. The van der Waals surface area contributed by atoms with Gasteiger partial charge in [0.2, 0.25) is 5.70 Å². The van der Waals surface area contributed by atoms with Crippen LogP contribution >= 0.6 is 22.9 Å². The molecule has 4 aromatic rings. The molecule has 1 aromatic heterocycles. The molecule has 0 bridgehead atoms. The fourth-order valence-electron chi connectivity index (χ4n) is 6.04. The Morgan fingerprint density at radius 3 is 2.37 bits per heavy atom. The Morgan fingerprint density at radius 1 is 0.981 bits per heavy atom. The van der Waals surface area contributed by atoms with Gasteiger partial charge in [-0.25, -0.2) is 9.24 Å². The van der Waals surface area contributed by atoms with Crippen LogP contribution in [0.5, 0.6) is 5.75 Å². The summed E-state index contributed by atoms with van der Waals surface area (Å²) in [6, 6.07) is 28.1. The van der Waals surface area contributed by atoms with Gasteiger partial charge < -0.3 is 19.5 Å². The molecule has 0 spiro atoms. The number of thiophene rings is 1. The van der Waals surface area contributed by atoms with Crippen LogP contribution in [0.25, 0.3) is 23.1 Å². The van der Waals surface area contributed by atoms with Crippen molar-refractivity contribution in [2.24, 2.45) is 0 Å². The van der Waals surface area contributed by atoms with Crippen molar-refractivity contribution in [1.29, 1.82) is 10.5 Å². The zero-order valence-corrected chi connectivity index (χ0v) is 31.8. The molecule has 1 aliphatic heterocycles. The molecule has 0 fully saturated rings. The molecule has 2 heterocycles. The smallest absolute Gasteiger partial charge is 0.237 e. The quantitative estimate of drug-likeness (QED) is 0.0694. The maximum Gasteiger partial charge on any atom is 0.237 e. The number of aliphatic hydroxyl groups is 1. The van der Waals surface area contributed by atoms with E-state index in [0.717, 1.165) is 71.1 Å². The van der Waals surface area contributed by atoms with Gasteiger partial charge in [-0.15, -0.1) is 11.3 Å². The number of allylic oxidation sites excluding steroid dienone is 1. The second kappa shape index (κ2) is 18.9. The van der Waals surface area contributed by atoms with Crippen molar-refractivity contribution in [3.63, 3.8) is 0 Å². The molecule has 1 aliphatic rings. The van der Waals surface area contributed by atoms with E-state index >= 15 is 0 Å². The minimum atomic E-state index is -1.32. The molecule has 0 amide bonds. The highest BCUT2D eigenvalue weighted by Crippen LogP contribution is 2.48. The van der Waals surface area contributed by atoms with E-state index in [9.17, 15) is 20.0 Å². The van der Waals surface area contributed by atoms with E-state index in [1.54, 1.807) is 13.0 Å². The Kier molecular flexibility index (Phi) is 13.9. The molecule has 0 saturated heterocycles. The second-order valence-corrected chi connectivity index (χ2v) is 14.3. The van der Waals surface area contributed by atoms with Gasteiger partial charge in [-0.05, 0) is 91.9 Å². The number of hydrogen-bond acceptors (Lipinski definition) is 7. The monoisotopic (exact) mass is 758 g/mol. The van der Waals surface area contributed by atoms with Crippen LogP contribution in [0.2, 0.25) is 5.02 Å². The molecular formula is C44H40ClFN4O3S. The van der Waals surface area contributed by atoms with Gasteiger partial charge in [0.05, 0.1) is 11.6 Å². The zero-order chi connectivity index (χ0) is 38.5. The molecule has 1 atom stereocenters. The molecule has 5 rings (SSSR count). The average molecular weight is 759 g/mol. The first kappa shape index (κ1) is 39.6. The van der Waals surface area contributed by atoms with Gasteiger partial charge in [0.1, 0.15) is 35.9 Å². The normalized spacial score (nSPS) is 15.3. The third kappa shape index (κ3) is 9.47. The van der Waals surface area contributed by atoms with Crippen molar-refractivity contribution in [2.45, 2.75) is 51.7 Å². The van der Waals surface area contributed by atoms with Gasteiger partial charge in [0, 0.05) is 52.3 Å². The van der Waals surface area contributed by atoms with E-state index in [2.05, 4.69) is 34.9 Å².